The average Bonchev–Trinajstić information content (AvgIpc) is 2.70. The molecule has 88 valence electrons. The Kier molecular flexibility index (Phi) is 2.81. The van der Waals surface area contributed by atoms with Crippen LogP contribution in [0.15, 0.2) is 11.5 Å². The van der Waals surface area contributed by atoms with Crippen molar-refractivity contribution in [1.29, 1.82) is 0 Å². The van der Waals surface area contributed by atoms with E-state index in [0.29, 0.717) is 6.54 Å². The van der Waals surface area contributed by atoms with E-state index in [0.717, 1.165) is 11.6 Å². The molecule has 1 atom stereocenters. The third-order valence-corrected chi connectivity index (χ3v) is 4.03. The molecule has 7 heteroatoms. The molecule has 1 unspecified atom stereocenters. The lowest BCUT2D eigenvalue weighted by Crippen LogP contribution is -2.30. The standard InChI is InChI=1S/C9H14N4O2S/c1-7-11-12-9(13(7)2)5-10-8-3-4-16(14,15)6-8/h3-4,8,10H,5-6H2,1-2H3. The minimum atomic E-state index is -2.99. The normalized spacial score (nSPS) is 22.8. The van der Waals surface area contributed by atoms with Crippen molar-refractivity contribution >= 4 is 9.84 Å². The van der Waals surface area contributed by atoms with Crippen LogP contribution in [0, 0.1) is 6.92 Å². The van der Waals surface area contributed by atoms with Crippen LogP contribution in [0.4, 0.5) is 0 Å². The number of nitrogens with one attached hydrogen (secondary N) is 1. The van der Waals surface area contributed by atoms with Crippen LogP contribution in [0.5, 0.6) is 0 Å². The molecule has 0 aromatic carbocycles. The number of hydrogen-bond donors (Lipinski definition) is 1. The van der Waals surface area contributed by atoms with Gasteiger partial charge in [0.1, 0.15) is 11.6 Å². The molecular formula is C9H14N4O2S. The van der Waals surface area contributed by atoms with Crippen molar-refractivity contribution in [2.45, 2.75) is 19.5 Å². The predicted molar refractivity (Wildman–Crippen MR) is 59.3 cm³/mol. The SMILES string of the molecule is Cc1nnc(CNC2C=CS(=O)(=O)C2)n1C. The summed E-state index contributed by atoms with van der Waals surface area (Å²) in [6.07, 6.45) is 1.67. The van der Waals surface area contributed by atoms with Gasteiger partial charge in [-0.05, 0) is 6.92 Å². The Hall–Kier alpha value is -1.21. The van der Waals surface area contributed by atoms with Crippen molar-refractivity contribution in [3.63, 3.8) is 0 Å². The molecule has 1 N–H and O–H groups in total. The molecule has 1 aliphatic rings. The van der Waals surface area contributed by atoms with Crippen molar-refractivity contribution in [2.24, 2.45) is 7.05 Å². The monoisotopic (exact) mass is 242 g/mol. The van der Waals surface area contributed by atoms with E-state index in [1.54, 1.807) is 6.08 Å². The first-order valence-electron chi connectivity index (χ1n) is 4.97. The Morgan fingerprint density at radius 1 is 1.56 bits per heavy atom. The second kappa shape index (κ2) is 3.99. The van der Waals surface area contributed by atoms with Crippen molar-refractivity contribution in [3.05, 3.63) is 23.1 Å². The maximum atomic E-state index is 11.2. The van der Waals surface area contributed by atoms with E-state index < -0.39 is 9.84 Å². The summed E-state index contributed by atoms with van der Waals surface area (Å²) in [4.78, 5) is 0. The summed E-state index contributed by atoms with van der Waals surface area (Å²) in [5.41, 5.74) is 0. The number of aromatic nitrogens is 3. The summed E-state index contributed by atoms with van der Waals surface area (Å²) in [5, 5.41) is 12.3. The van der Waals surface area contributed by atoms with Crippen molar-refractivity contribution < 1.29 is 8.42 Å². The average molecular weight is 242 g/mol. The molecule has 0 spiro atoms. The van der Waals surface area contributed by atoms with E-state index in [-0.39, 0.29) is 11.8 Å². The van der Waals surface area contributed by atoms with Crippen LogP contribution in [0.25, 0.3) is 0 Å². The molecule has 2 heterocycles. The highest BCUT2D eigenvalue weighted by atomic mass is 32.2. The number of rotatable bonds is 3. The Morgan fingerprint density at radius 3 is 2.81 bits per heavy atom. The predicted octanol–water partition coefficient (Wildman–Crippen LogP) is -0.476. The third kappa shape index (κ3) is 2.30. The first-order valence-corrected chi connectivity index (χ1v) is 6.69. The second-order valence-corrected chi connectivity index (χ2v) is 5.80. The van der Waals surface area contributed by atoms with Gasteiger partial charge in [-0.3, -0.25) is 0 Å². The van der Waals surface area contributed by atoms with Crippen LogP contribution in [0.2, 0.25) is 0 Å². The first kappa shape index (κ1) is 11.3. The smallest absolute Gasteiger partial charge is 0.173 e. The van der Waals surface area contributed by atoms with E-state index >= 15 is 0 Å². The summed E-state index contributed by atoms with van der Waals surface area (Å²) in [7, 11) is -1.11. The van der Waals surface area contributed by atoms with Gasteiger partial charge < -0.3 is 9.88 Å². The van der Waals surface area contributed by atoms with Gasteiger partial charge in [0.2, 0.25) is 0 Å². The second-order valence-electron chi connectivity index (χ2n) is 3.87. The number of nitrogens with zero attached hydrogens (tertiary/aromatic N) is 3. The van der Waals surface area contributed by atoms with E-state index in [4.69, 9.17) is 0 Å². The van der Waals surface area contributed by atoms with Gasteiger partial charge in [0, 0.05) is 18.5 Å². The molecule has 1 aromatic rings. The van der Waals surface area contributed by atoms with Crippen LogP contribution in [0.3, 0.4) is 0 Å². The van der Waals surface area contributed by atoms with Crippen LogP contribution in [-0.2, 0) is 23.4 Å². The molecule has 0 aliphatic carbocycles. The minimum absolute atomic E-state index is 0.123. The Balaban J connectivity index is 1.95. The topological polar surface area (TPSA) is 76.9 Å². The minimum Gasteiger partial charge on any atom is -0.317 e. The van der Waals surface area contributed by atoms with E-state index in [1.807, 2.05) is 18.5 Å². The lowest BCUT2D eigenvalue weighted by Gasteiger charge is -2.08. The summed E-state index contributed by atoms with van der Waals surface area (Å²) in [5.74, 6) is 1.77. The van der Waals surface area contributed by atoms with Gasteiger partial charge in [-0.1, -0.05) is 6.08 Å². The van der Waals surface area contributed by atoms with E-state index in [1.165, 1.54) is 5.41 Å². The summed E-state index contributed by atoms with van der Waals surface area (Å²) < 4.78 is 24.2. The van der Waals surface area contributed by atoms with Gasteiger partial charge in [-0.2, -0.15) is 0 Å². The fraction of sp³-hybridized carbons (Fsp3) is 0.556. The molecule has 0 fully saturated rings. The van der Waals surface area contributed by atoms with Gasteiger partial charge in [-0.15, -0.1) is 10.2 Å². The Morgan fingerprint density at radius 2 is 2.31 bits per heavy atom. The lowest BCUT2D eigenvalue weighted by atomic mass is 10.3. The van der Waals surface area contributed by atoms with Crippen molar-refractivity contribution in [2.75, 3.05) is 5.75 Å². The summed E-state index contributed by atoms with van der Waals surface area (Å²) in [6.45, 7) is 2.39. The molecule has 1 aliphatic heterocycles. The number of aryl methyl sites for hydroxylation is 1. The maximum Gasteiger partial charge on any atom is 0.173 e. The van der Waals surface area contributed by atoms with Crippen molar-refractivity contribution in [3.8, 4) is 0 Å². The van der Waals surface area contributed by atoms with Crippen LogP contribution < -0.4 is 5.32 Å². The fourth-order valence-electron chi connectivity index (χ4n) is 1.53. The lowest BCUT2D eigenvalue weighted by molar-refractivity contribution is 0.577. The zero-order valence-corrected chi connectivity index (χ0v) is 10.0. The van der Waals surface area contributed by atoms with Crippen LogP contribution in [-0.4, -0.2) is 35.0 Å². The first-order chi connectivity index (χ1) is 7.48. The molecule has 16 heavy (non-hydrogen) atoms. The molecular weight excluding hydrogens is 228 g/mol. The maximum absolute atomic E-state index is 11.2. The molecule has 0 bridgehead atoms. The van der Waals surface area contributed by atoms with Crippen molar-refractivity contribution in [1.82, 2.24) is 20.1 Å². The van der Waals surface area contributed by atoms with Gasteiger partial charge in [0.05, 0.1) is 12.3 Å². The highest BCUT2D eigenvalue weighted by Gasteiger charge is 2.21. The molecule has 0 saturated heterocycles. The molecule has 0 amide bonds. The zero-order chi connectivity index (χ0) is 11.8. The van der Waals surface area contributed by atoms with Crippen LogP contribution in [0.1, 0.15) is 11.6 Å². The highest BCUT2D eigenvalue weighted by molar-refractivity contribution is 7.94. The Bertz CT molecular complexity index is 518. The molecule has 0 saturated carbocycles. The molecule has 1 aromatic heterocycles. The third-order valence-electron chi connectivity index (χ3n) is 2.64. The highest BCUT2D eigenvalue weighted by Crippen LogP contribution is 2.08. The van der Waals surface area contributed by atoms with E-state index in [2.05, 4.69) is 15.5 Å². The van der Waals surface area contributed by atoms with Gasteiger partial charge in [-0.25, -0.2) is 8.42 Å². The van der Waals surface area contributed by atoms with Crippen LogP contribution >= 0.6 is 0 Å². The zero-order valence-electron chi connectivity index (χ0n) is 9.21. The quantitative estimate of drug-likeness (QED) is 0.775. The number of hydrogen-bond acceptors (Lipinski definition) is 5. The summed E-state index contributed by atoms with van der Waals surface area (Å²) in [6, 6.07) is -0.123. The van der Waals surface area contributed by atoms with Gasteiger partial charge in [0.15, 0.2) is 9.84 Å². The van der Waals surface area contributed by atoms with Gasteiger partial charge >= 0.3 is 0 Å². The van der Waals surface area contributed by atoms with Gasteiger partial charge in [0.25, 0.3) is 0 Å². The molecule has 6 nitrogen and oxygen atoms in total. The summed E-state index contributed by atoms with van der Waals surface area (Å²) >= 11 is 0. The Labute approximate surface area is 94.3 Å². The molecule has 0 radical (unpaired) electrons. The van der Waals surface area contributed by atoms with E-state index in [9.17, 15) is 8.42 Å². The number of sulfone groups is 1. The fourth-order valence-corrected chi connectivity index (χ4v) is 2.80. The molecule has 2 rings (SSSR count). The largest absolute Gasteiger partial charge is 0.317 e.